The predicted molar refractivity (Wildman–Crippen MR) is 80.7 cm³/mol. The average molecular weight is 381 g/mol. The topological polar surface area (TPSA) is 25.8 Å². The molecule has 0 aliphatic rings. The molecule has 0 saturated heterocycles. The molecule has 0 aliphatic heterocycles. The number of hydrogen-bond acceptors (Lipinski definition) is 2. The summed E-state index contributed by atoms with van der Waals surface area (Å²) in [5.41, 5.74) is 2.30. The highest BCUT2D eigenvalue weighted by molar-refractivity contribution is 14.1. The van der Waals surface area contributed by atoms with E-state index < -0.39 is 0 Å². The lowest BCUT2D eigenvalue weighted by atomic mass is 10.3. The molecule has 2 heterocycles. The van der Waals surface area contributed by atoms with Crippen LogP contribution in [-0.4, -0.2) is 9.97 Å². The summed E-state index contributed by atoms with van der Waals surface area (Å²) in [5, 5.41) is 1.11. The van der Waals surface area contributed by atoms with Gasteiger partial charge in [0, 0.05) is 16.0 Å². The van der Waals surface area contributed by atoms with Gasteiger partial charge < -0.3 is 0 Å². The van der Waals surface area contributed by atoms with Gasteiger partial charge >= 0.3 is 0 Å². The number of aromatic nitrogens is 2. The summed E-state index contributed by atoms with van der Waals surface area (Å²) >= 11 is 13.3. The molecule has 0 radical (unpaired) electrons. The van der Waals surface area contributed by atoms with E-state index in [9.17, 15) is 0 Å². The number of aryl methyl sites for hydroxylation is 2. The Morgan fingerprint density at radius 3 is 2.06 bits per heavy atom. The Balaban J connectivity index is 0.000000171. The van der Waals surface area contributed by atoms with Crippen molar-refractivity contribution in [2.75, 3.05) is 0 Å². The molecule has 0 aromatic carbocycles. The molecule has 0 aliphatic carbocycles. The molecule has 17 heavy (non-hydrogen) atoms. The Morgan fingerprint density at radius 1 is 1.00 bits per heavy atom. The van der Waals surface area contributed by atoms with Crippen LogP contribution in [0, 0.1) is 17.4 Å². The predicted octanol–water partition coefficient (Wildman–Crippen LogP) is 4.69. The van der Waals surface area contributed by atoms with Gasteiger partial charge in [0.1, 0.15) is 10.3 Å². The lowest BCUT2D eigenvalue weighted by molar-refractivity contribution is 1.25. The molecule has 2 rings (SSSR count). The standard InChI is InChI=1S/C6H5ClIN.C6H6ClN/c1-4-3-9-6(7)2-5(4)8;1-5-2-3-6(7)8-4-5/h2-3H,1H3;2-4H,1H3. The second-order valence-electron chi connectivity index (χ2n) is 3.41. The van der Waals surface area contributed by atoms with Crippen molar-refractivity contribution in [3.63, 3.8) is 0 Å². The van der Waals surface area contributed by atoms with Gasteiger partial charge in [-0.25, -0.2) is 9.97 Å². The summed E-state index contributed by atoms with van der Waals surface area (Å²) in [7, 11) is 0. The van der Waals surface area contributed by atoms with Crippen LogP contribution in [0.5, 0.6) is 0 Å². The van der Waals surface area contributed by atoms with Crippen LogP contribution in [0.25, 0.3) is 0 Å². The van der Waals surface area contributed by atoms with Crippen molar-refractivity contribution >= 4 is 45.8 Å². The van der Waals surface area contributed by atoms with Gasteiger partial charge in [0.15, 0.2) is 0 Å². The quantitative estimate of drug-likeness (QED) is 0.489. The molecule has 0 unspecified atom stereocenters. The van der Waals surface area contributed by atoms with Gasteiger partial charge in [-0.05, 0) is 59.7 Å². The first-order valence-corrected chi connectivity index (χ1v) is 6.68. The Morgan fingerprint density at radius 2 is 1.65 bits per heavy atom. The van der Waals surface area contributed by atoms with Crippen molar-refractivity contribution in [2.45, 2.75) is 13.8 Å². The zero-order valence-corrected chi connectivity index (χ0v) is 13.1. The third kappa shape index (κ3) is 5.66. The SMILES string of the molecule is Cc1ccc(Cl)nc1.Cc1cnc(Cl)cc1I. The van der Waals surface area contributed by atoms with E-state index in [2.05, 4.69) is 32.6 Å². The Kier molecular flexibility index (Phi) is 6.16. The van der Waals surface area contributed by atoms with Crippen LogP contribution >= 0.6 is 45.8 Å². The van der Waals surface area contributed by atoms with Crippen LogP contribution in [0.2, 0.25) is 10.3 Å². The molecule has 0 amide bonds. The van der Waals surface area contributed by atoms with Crippen molar-refractivity contribution in [1.29, 1.82) is 0 Å². The molecule has 0 N–H and O–H groups in total. The molecule has 0 bridgehead atoms. The number of pyridine rings is 2. The van der Waals surface area contributed by atoms with Gasteiger partial charge in [-0.3, -0.25) is 0 Å². The van der Waals surface area contributed by atoms with E-state index in [0.717, 1.165) is 9.13 Å². The van der Waals surface area contributed by atoms with Crippen LogP contribution in [0.4, 0.5) is 0 Å². The van der Waals surface area contributed by atoms with Gasteiger partial charge in [-0.2, -0.15) is 0 Å². The van der Waals surface area contributed by atoms with E-state index in [1.54, 1.807) is 18.5 Å². The molecule has 0 spiro atoms. The average Bonchev–Trinajstić information content (AvgIpc) is 2.29. The minimum absolute atomic E-state index is 0.551. The van der Waals surface area contributed by atoms with Crippen LogP contribution in [0.15, 0.2) is 30.6 Å². The molecule has 2 aromatic heterocycles. The highest BCUT2D eigenvalue weighted by Gasteiger charge is 1.93. The van der Waals surface area contributed by atoms with Crippen LogP contribution in [-0.2, 0) is 0 Å². The lowest BCUT2D eigenvalue weighted by Gasteiger charge is -1.94. The Labute approximate surface area is 125 Å². The van der Waals surface area contributed by atoms with Crippen LogP contribution < -0.4 is 0 Å². The second kappa shape index (κ2) is 7.13. The number of nitrogens with zero attached hydrogens (tertiary/aromatic N) is 2. The van der Waals surface area contributed by atoms with Crippen LogP contribution in [0.1, 0.15) is 11.1 Å². The summed E-state index contributed by atoms with van der Waals surface area (Å²) in [6.07, 6.45) is 3.51. The summed E-state index contributed by atoms with van der Waals surface area (Å²) < 4.78 is 1.16. The molecule has 2 nitrogen and oxygen atoms in total. The molecule has 0 atom stereocenters. The summed E-state index contributed by atoms with van der Waals surface area (Å²) in [6.45, 7) is 3.98. The van der Waals surface area contributed by atoms with Crippen LogP contribution in [0.3, 0.4) is 0 Å². The number of hydrogen-bond donors (Lipinski definition) is 0. The summed E-state index contributed by atoms with van der Waals surface area (Å²) in [4.78, 5) is 7.74. The van der Waals surface area contributed by atoms with E-state index in [1.807, 2.05) is 26.0 Å². The van der Waals surface area contributed by atoms with Crippen molar-refractivity contribution in [2.24, 2.45) is 0 Å². The maximum Gasteiger partial charge on any atom is 0.130 e. The normalized spacial score (nSPS) is 9.47. The first-order chi connectivity index (χ1) is 7.99. The van der Waals surface area contributed by atoms with Gasteiger partial charge in [0.05, 0.1) is 0 Å². The maximum absolute atomic E-state index is 5.60. The van der Waals surface area contributed by atoms with Crippen molar-refractivity contribution < 1.29 is 0 Å². The van der Waals surface area contributed by atoms with E-state index in [0.29, 0.717) is 10.3 Å². The van der Waals surface area contributed by atoms with E-state index >= 15 is 0 Å². The molecular weight excluding hydrogens is 370 g/mol. The van der Waals surface area contributed by atoms with Gasteiger partial charge in [-0.1, -0.05) is 29.3 Å². The molecule has 2 aromatic rings. The third-order valence-electron chi connectivity index (χ3n) is 1.88. The molecule has 90 valence electrons. The number of halogens is 3. The lowest BCUT2D eigenvalue weighted by Crippen LogP contribution is -1.81. The zero-order valence-electron chi connectivity index (χ0n) is 9.42. The zero-order chi connectivity index (χ0) is 12.8. The fraction of sp³-hybridized carbons (Fsp3) is 0.167. The third-order valence-corrected chi connectivity index (χ3v) is 3.47. The van der Waals surface area contributed by atoms with Crippen molar-refractivity contribution in [3.8, 4) is 0 Å². The maximum atomic E-state index is 5.60. The first kappa shape index (κ1) is 14.7. The second-order valence-corrected chi connectivity index (χ2v) is 5.35. The minimum Gasteiger partial charge on any atom is -0.244 e. The molecule has 0 fully saturated rings. The highest BCUT2D eigenvalue weighted by atomic mass is 127. The van der Waals surface area contributed by atoms with Gasteiger partial charge in [-0.15, -0.1) is 0 Å². The summed E-state index contributed by atoms with van der Waals surface area (Å²) in [6, 6.07) is 5.55. The highest BCUT2D eigenvalue weighted by Crippen LogP contribution is 2.13. The minimum atomic E-state index is 0.551. The molecular formula is C12H11Cl2IN2. The van der Waals surface area contributed by atoms with Crippen molar-refractivity contribution in [1.82, 2.24) is 9.97 Å². The van der Waals surface area contributed by atoms with Gasteiger partial charge in [0.2, 0.25) is 0 Å². The summed E-state index contributed by atoms with van der Waals surface area (Å²) in [5.74, 6) is 0. The fourth-order valence-electron chi connectivity index (χ4n) is 0.926. The smallest absolute Gasteiger partial charge is 0.130 e. The first-order valence-electron chi connectivity index (χ1n) is 4.85. The van der Waals surface area contributed by atoms with Crippen molar-refractivity contribution in [3.05, 3.63) is 55.6 Å². The fourth-order valence-corrected chi connectivity index (χ4v) is 1.81. The monoisotopic (exact) mass is 380 g/mol. The van der Waals surface area contributed by atoms with Gasteiger partial charge in [0.25, 0.3) is 0 Å². The number of rotatable bonds is 0. The van der Waals surface area contributed by atoms with E-state index in [-0.39, 0.29) is 0 Å². The largest absolute Gasteiger partial charge is 0.244 e. The molecule has 0 saturated carbocycles. The van der Waals surface area contributed by atoms with E-state index in [1.165, 1.54) is 5.56 Å². The van der Waals surface area contributed by atoms with E-state index in [4.69, 9.17) is 23.2 Å². The Bertz CT molecular complexity index is 465. The Hall–Kier alpha value is -0.390. The molecule has 5 heteroatoms.